The lowest BCUT2D eigenvalue weighted by molar-refractivity contribution is 0.0995. The van der Waals surface area contributed by atoms with Crippen LogP contribution in [0.15, 0.2) is 6.20 Å². The summed E-state index contributed by atoms with van der Waals surface area (Å²) in [5, 5.41) is 4.02. The van der Waals surface area contributed by atoms with Crippen molar-refractivity contribution in [1.29, 1.82) is 0 Å². The van der Waals surface area contributed by atoms with Gasteiger partial charge in [-0.25, -0.2) is 0 Å². The Labute approximate surface area is 88.2 Å². The molecule has 0 spiro atoms. The predicted molar refractivity (Wildman–Crippen MR) is 56.4 cm³/mol. The Morgan fingerprint density at radius 2 is 2.40 bits per heavy atom. The highest BCUT2D eigenvalue weighted by atomic mass is 16.5. The van der Waals surface area contributed by atoms with Gasteiger partial charge in [0.1, 0.15) is 0 Å². The molecule has 1 amide bonds. The largest absolute Gasteiger partial charge is 0.396 e. The van der Waals surface area contributed by atoms with Crippen LogP contribution in [0.2, 0.25) is 0 Å². The van der Waals surface area contributed by atoms with E-state index in [1.165, 1.54) is 0 Å². The van der Waals surface area contributed by atoms with Gasteiger partial charge in [-0.15, -0.1) is 0 Å². The lowest BCUT2D eigenvalue weighted by Crippen LogP contribution is -2.15. The quantitative estimate of drug-likeness (QED) is 0.726. The highest BCUT2D eigenvalue weighted by Gasteiger charge is 2.14. The van der Waals surface area contributed by atoms with Gasteiger partial charge in [-0.05, 0) is 13.3 Å². The maximum atomic E-state index is 10.9. The maximum Gasteiger partial charge on any atom is 0.271 e. The zero-order chi connectivity index (χ0) is 11.4. The summed E-state index contributed by atoms with van der Waals surface area (Å²) in [6.45, 7) is 2.60. The molecular weight excluding hydrogens is 196 g/mol. The number of amides is 1. The second-order valence-electron chi connectivity index (χ2n) is 3.41. The molecule has 1 unspecified atom stereocenters. The number of aromatic nitrogens is 2. The highest BCUT2D eigenvalue weighted by molar-refractivity contribution is 5.95. The van der Waals surface area contributed by atoms with Crippen molar-refractivity contribution in [3.63, 3.8) is 0 Å². The fourth-order valence-electron chi connectivity index (χ4n) is 1.24. The topological polar surface area (TPSA) is 96.2 Å². The monoisotopic (exact) mass is 212 g/mol. The molecule has 84 valence electrons. The van der Waals surface area contributed by atoms with Crippen LogP contribution in [-0.2, 0) is 4.74 Å². The minimum Gasteiger partial charge on any atom is -0.396 e. The minimum atomic E-state index is -0.606. The minimum absolute atomic E-state index is 0.124. The molecule has 0 fully saturated rings. The first-order valence-corrected chi connectivity index (χ1v) is 4.69. The van der Waals surface area contributed by atoms with Gasteiger partial charge in [0.25, 0.3) is 5.91 Å². The van der Waals surface area contributed by atoms with Crippen molar-refractivity contribution in [3.8, 4) is 0 Å². The lowest BCUT2D eigenvalue weighted by Gasteiger charge is -2.10. The summed E-state index contributed by atoms with van der Waals surface area (Å²) in [6, 6.07) is 0.125. The van der Waals surface area contributed by atoms with Crippen LogP contribution in [-0.4, -0.2) is 29.4 Å². The number of hydrogen-bond donors (Lipinski definition) is 2. The number of hydrogen-bond acceptors (Lipinski definition) is 4. The molecule has 4 N–H and O–H groups in total. The fourth-order valence-corrected chi connectivity index (χ4v) is 1.24. The molecule has 0 aliphatic heterocycles. The number of carbonyl (C=O) groups is 1. The van der Waals surface area contributed by atoms with Crippen LogP contribution in [0.4, 0.5) is 5.69 Å². The summed E-state index contributed by atoms with van der Waals surface area (Å²) in [5.74, 6) is -0.606. The van der Waals surface area contributed by atoms with Crippen LogP contribution >= 0.6 is 0 Å². The molecule has 1 rings (SSSR count). The van der Waals surface area contributed by atoms with Crippen molar-refractivity contribution in [1.82, 2.24) is 9.78 Å². The number of methoxy groups -OCH3 is 1. The zero-order valence-corrected chi connectivity index (χ0v) is 8.93. The molecule has 0 saturated carbocycles. The summed E-state index contributed by atoms with van der Waals surface area (Å²) in [4.78, 5) is 10.9. The average molecular weight is 212 g/mol. The Bertz CT molecular complexity index is 348. The molecule has 0 aliphatic carbocycles. The van der Waals surface area contributed by atoms with Gasteiger partial charge < -0.3 is 16.2 Å². The summed E-state index contributed by atoms with van der Waals surface area (Å²) >= 11 is 0. The fraction of sp³-hybridized carbons (Fsp3) is 0.556. The molecule has 15 heavy (non-hydrogen) atoms. The van der Waals surface area contributed by atoms with Crippen LogP contribution in [0, 0.1) is 0 Å². The number of nitrogen functional groups attached to an aromatic ring is 1. The summed E-state index contributed by atoms with van der Waals surface area (Å²) in [7, 11) is 1.64. The molecule has 1 atom stereocenters. The number of rotatable bonds is 5. The van der Waals surface area contributed by atoms with Crippen molar-refractivity contribution in [2.75, 3.05) is 19.5 Å². The van der Waals surface area contributed by atoms with E-state index in [1.54, 1.807) is 18.0 Å². The van der Waals surface area contributed by atoms with Gasteiger partial charge in [-0.2, -0.15) is 5.10 Å². The SMILES string of the molecule is COCCC(C)n1cc(N)c(C(N)=O)n1. The third kappa shape index (κ3) is 2.69. The Hall–Kier alpha value is -1.56. The van der Waals surface area contributed by atoms with Gasteiger partial charge in [0, 0.05) is 19.9 Å². The smallest absolute Gasteiger partial charge is 0.271 e. The van der Waals surface area contributed by atoms with Crippen LogP contribution in [0.1, 0.15) is 29.9 Å². The van der Waals surface area contributed by atoms with Gasteiger partial charge in [0.15, 0.2) is 5.69 Å². The highest BCUT2D eigenvalue weighted by Crippen LogP contribution is 2.15. The number of anilines is 1. The number of carbonyl (C=O) groups excluding carboxylic acids is 1. The molecule has 1 heterocycles. The van der Waals surface area contributed by atoms with Gasteiger partial charge >= 0.3 is 0 Å². The molecule has 0 aliphatic rings. The van der Waals surface area contributed by atoms with E-state index in [0.717, 1.165) is 6.42 Å². The lowest BCUT2D eigenvalue weighted by atomic mass is 10.2. The van der Waals surface area contributed by atoms with E-state index in [0.29, 0.717) is 12.3 Å². The van der Waals surface area contributed by atoms with Crippen LogP contribution in [0.3, 0.4) is 0 Å². The molecule has 0 radical (unpaired) electrons. The second kappa shape index (κ2) is 4.79. The summed E-state index contributed by atoms with van der Waals surface area (Å²) in [5.41, 5.74) is 11.1. The molecular formula is C9H16N4O2. The molecule has 0 saturated heterocycles. The number of nitrogens with two attached hydrogens (primary N) is 2. The molecule has 6 heteroatoms. The molecule has 0 aromatic carbocycles. The van der Waals surface area contributed by atoms with E-state index in [4.69, 9.17) is 16.2 Å². The second-order valence-corrected chi connectivity index (χ2v) is 3.41. The van der Waals surface area contributed by atoms with Gasteiger partial charge in [-0.1, -0.05) is 0 Å². The zero-order valence-electron chi connectivity index (χ0n) is 8.93. The Balaban J connectivity index is 2.78. The molecule has 0 bridgehead atoms. The van der Waals surface area contributed by atoms with E-state index in [9.17, 15) is 4.79 Å². The van der Waals surface area contributed by atoms with Crippen LogP contribution < -0.4 is 11.5 Å². The molecule has 1 aromatic heterocycles. The maximum absolute atomic E-state index is 10.9. The number of nitrogens with zero attached hydrogens (tertiary/aromatic N) is 2. The Morgan fingerprint density at radius 1 is 1.73 bits per heavy atom. The first-order chi connectivity index (χ1) is 7.06. The van der Waals surface area contributed by atoms with Crippen LogP contribution in [0.25, 0.3) is 0 Å². The van der Waals surface area contributed by atoms with E-state index >= 15 is 0 Å². The van der Waals surface area contributed by atoms with Crippen molar-refractivity contribution < 1.29 is 9.53 Å². The number of ether oxygens (including phenoxy) is 1. The van der Waals surface area contributed by atoms with Crippen molar-refractivity contribution >= 4 is 11.6 Å². The predicted octanol–water partition coefficient (Wildman–Crippen LogP) is 0.162. The van der Waals surface area contributed by atoms with Gasteiger partial charge in [0.05, 0.1) is 11.7 Å². The third-order valence-corrected chi connectivity index (χ3v) is 2.19. The molecule has 1 aromatic rings. The van der Waals surface area contributed by atoms with Crippen LogP contribution in [0.5, 0.6) is 0 Å². The first kappa shape index (κ1) is 11.5. The summed E-state index contributed by atoms with van der Waals surface area (Å²) in [6.07, 6.45) is 2.41. The Morgan fingerprint density at radius 3 is 2.87 bits per heavy atom. The van der Waals surface area contributed by atoms with E-state index in [2.05, 4.69) is 5.10 Å². The van der Waals surface area contributed by atoms with E-state index in [-0.39, 0.29) is 11.7 Å². The van der Waals surface area contributed by atoms with E-state index < -0.39 is 5.91 Å². The van der Waals surface area contributed by atoms with E-state index in [1.807, 2.05) is 6.92 Å². The van der Waals surface area contributed by atoms with Crippen molar-refractivity contribution in [3.05, 3.63) is 11.9 Å². The standard InChI is InChI=1S/C9H16N4O2/c1-6(3-4-15-2)13-5-7(10)8(12-13)9(11)14/h5-6H,3-4,10H2,1-2H3,(H2,11,14). The average Bonchev–Trinajstić information content (AvgIpc) is 2.56. The third-order valence-electron chi connectivity index (χ3n) is 2.19. The van der Waals surface area contributed by atoms with Gasteiger partial charge in [0.2, 0.25) is 0 Å². The van der Waals surface area contributed by atoms with Gasteiger partial charge in [-0.3, -0.25) is 9.48 Å². The van der Waals surface area contributed by atoms with Crippen molar-refractivity contribution in [2.24, 2.45) is 5.73 Å². The summed E-state index contributed by atoms with van der Waals surface area (Å²) < 4.78 is 6.59. The van der Waals surface area contributed by atoms with Crippen molar-refractivity contribution in [2.45, 2.75) is 19.4 Å². The first-order valence-electron chi connectivity index (χ1n) is 4.69. The Kier molecular flexibility index (Phi) is 3.68. The number of primary amides is 1. The molecule has 6 nitrogen and oxygen atoms in total. The normalized spacial score (nSPS) is 12.7.